The first-order chi connectivity index (χ1) is 16.9. The average molecular weight is 496 g/mol. The molecule has 36 heavy (non-hydrogen) atoms. The second-order valence-corrected chi connectivity index (χ2v) is 11.4. The quantitative estimate of drug-likeness (QED) is 0.167. The first kappa shape index (κ1) is 29.9. The number of esters is 1. The minimum atomic E-state index is -0.236. The lowest BCUT2D eigenvalue weighted by molar-refractivity contribution is -0.135. The van der Waals surface area contributed by atoms with Gasteiger partial charge in [0, 0.05) is 0 Å². The van der Waals surface area contributed by atoms with E-state index < -0.39 is 0 Å². The Morgan fingerprint density at radius 2 is 1.61 bits per heavy atom. The van der Waals surface area contributed by atoms with Gasteiger partial charge in [0.15, 0.2) is 0 Å². The van der Waals surface area contributed by atoms with Crippen molar-refractivity contribution in [2.24, 2.45) is 0 Å². The van der Waals surface area contributed by atoms with Crippen LogP contribution in [0.25, 0.3) is 0 Å². The van der Waals surface area contributed by atoms with Crippen molar-refractivity contribution < 1.29 is 14.3 Å². The van der Waals surface area contributed by atoms with Gasteiger partial charge in [-0.15, -0.1) is 0 Å². The third kappa shape index (κ3) is 9.61. The average Bonchev–Trinajstić information content (AvgIpc) is 2.77. The van der Waals surface area contributed by atoms with Crippen molar-refractivity contribution >= 4 is 5.97 Å². The summed E-state index contributed by atoms with van der Waals surface area (Å²) in [5.41, 5.74) is 7.36. The van der Waals surface area contributed by atoms with Crippen molar-refractivity contribution in [2.75, 3.05) is 20.6 Å². The fourth-order valence-corrected chi connectivity index (χ4v) is 4.61. The van der Waals surface area contributed by atoms with Crippen molar-refractivity contribution in [2.45, 2.75) is 105 Å². The van der Waals surface area contributed by atoms with Gasteiger partial charge < -0.3 is 9.47 Å². The molecule has 2 rings (SSSR count). The van der Waals surface area contributed by atoms with Crippen LogP contribution in [0.3, 0.4) is 0 Å². The molecule has 1 aliphatic rings. The minimum Gasteiger partial charge on any atom is -0.487 e. The standard InChI is InChI=1S/C32H49NO3/c1-23(2)13-10-14-24(3)15-11-16-25(4)17-12-19-32(7)20-18-28-21-29(35-30(34)22-33(8)9)26(5)27(6)31(28)36-32/h13,15,17,21H,10-12,14,16,18-20,22H2,1-9H3/b24-15+,25-17+/t32-/m1/s1. The number of likely N-dealkylation sites (N-methyl/N-ethyl adjacent to an activating group) is 1. The van der Waals surface area contributed by atoms with Gasteiger partial charge in [-0.25, -0.2) is 0 Å². The molecule has 0 aromatic heterocycles. The van der Waals surface area contributed by atoms with Crippen LogP contribution in [0.15, 0.2) is 41.0 Å². The molecule has 1 atom stereocenters. The second kappa shape index (κ2) is 13.8. The van der Waals surface area contributed by atoms with E-state index in [0.717, 1.165) is 73.8 Å². The van der Waals surface area contributed by atoms with Gasteiger partial charge in [0.05, 0.1) is 6.54 Å². The summed E-state index contributed by atoms with van der Waals surface area (Å²) >= 11 is 0. The number of aryl methyl sites for hydroxylation is 1. The molecule has 1 aromatic carbocycles. The number of ether oxygens (including phenoxy) is 2. The van der Waals surface area contributed by atoms with Crippen LogP contribution >= 0.6 is 0 Å². The number of hydrogen-bond donors (Lipinski definition) is 0. The van der Waals surface area contributed by atoms with Crippen LogP contribution in [0.1, 0.15) is 96.3 Å². The van der Waals surface area contributed by atoms with E-state index >= 15 is 0 Å². The lowest BCUT2D eigenvalue weighted by Crippen LogP contribution is -2.36. The van der Waals surface area contributed by atoms with Gasteiger partial charge in [-0.2, -0.15) is 0 Å². The van der Waals surface area contributed by atoms with Crippen molar-refractivity contribution in [1.82, 2.24) is 4.90 Å². The molecule has 200 valence electrons. The number of allylic oxidation sites excluding steroid dienone is 6. The fraction of sp³-hybridized carbons (Fsp3) is 0.594. The van der Waals surface area contributed by atoms with Crippen LogP contribution in [0.5, 0.6) is 11.5 Å². The van der Waals surface area contributed by atoms with Crippen LogP contribution < -0.4 is 9.47 Å². The number of benzene rings is 1. The lowest BCUT2D eigenvalue weighted by Gasteiger charge is -2.37. The van der Waals surface area contributed by atoms with E-state index in [9.17, 15) is 4.79 Å². The van der Waals surface area contributed by atoms with Crippen LogP contribution in [0.4, 0.5) is 0 Å². The molecular weight excluding hydrogens is 446 g/mol. The van der Waals surface area contributed by atoms with E-state index in [1.54, 1.807) is 0 Å². The molecule has 4 nitrogen and oxygen atoms in total. The predicted octanol–water partition coefficient (Wildman–Crippen LogP) is 8.05. The second-order valence-electron chi connectivity index (χ2n) is 11.4. The minimum absolute atomic E-state index is 0.175. The number of hydrogen-bond acceptors (Lipinski definition) is 4. The summed E-state index contributed by atoms with van der Waals surface area (Å²) in [6.45, 7) is 15.4. The molecular formula is C32H49NO3. The smallest absolute Gasteiger partial charge is 0.325 e. The highest BCUT2D eigenvalue weighted by Crippen LogP contribution is 2.42. The first-order valence-corrected chi connectivity index (χ1v) is 13.5. The topological polar surface area (TPSA) is 38.8 Å². The highest BCUT2D eigenvalue weighted by atomic mass is 16.5. The monoisotopic (exact) mass is 495 g/mol. The number of rotatable bonds is 12. The number of carbonyl (C=O) groups excluding carboxylic acids is 1. The Labute approximate surface area is 220 Å². The summed E-state index contributed by atoms with van der Waals surface area (Å²) in [7, 11) is 3.73. The largest absolute Gasteiger partial charge is 0.487 e. The van der Waals surface area contributed by atoms with Crippen LogP contribution in [-0.4, -0.2) is 37.1 Å². The molecule has 0 aliphatic carbocycles. The molecule has 0 spiro atoms. The van der Waals surface area contributed by atoms with Gasteiger partial charge >= 0.3 is 5.97 Å². The fourth-order valence-electron chi connectivity index (χ4n) is 4.61. The summed E-state index contributed by atoms with van der Waals surface area (Å²) in [5, 5.41) is 0. The Kier molecular flexibility index (Phi) is 11.5. The van der Waals surface area contributed by atoms with Crippen LogP contribution in [0, 0.1) is 13.8 Å². The predicted molar refractivity (Wildman–Crippen MR) is 152 cm³/mol. The van der Waals surface area contributed by atoms with E-state index in [4.69, 9.17) is 9.47 Å². The maximum atomic E-state index is 12.2. The molecule has 0 radical (unpaired) electrons. The molecule has 0 unspecified atom stereocenters. The Bertz CT molecular complexity index is 995. The van der Waals surface area contributed by atoms with Gasteiger partial charge in [-0.3, -0.25) is 9.69 Å². The molecule has 0 N–H and O–H groups in total. The van der Waals surface area contributed by atoms with E-state index in [0.29, 0.717) is 5.75 Å². The highest BCUT2D eigenvalue weighted by Gasteiger charge is 2.33. The molecule has 0 saturated heterocycles. The third-order valence-corrected chi connectivity index (χ3v) is 7.10. The van der Waals surface area contributed by atoms with Crippen molar-refractivity contribution in [3.8, 4) is 11.5 Å². The summed E-state index contributed by atoms with van der Waals surface area (Å²) in [5.74, 6) is 1.40. The number of fused-ring (bicyclic) bond motifs is 1. The van der Waals surface area contributed by atoms with E-state index in [2.05, 4.69) is 59.8 Å². The summed E-state index contributed by atoms with van der Waals surface area (Å²) in [4.78, 5) is 14.0. The van der Waals surface area contributed by atoms with Gasteiger partial charge in [0.1, 0.15) is 17.1 Å². The van der Waals surface area contributed by atoms with E-state index in [1.807, 2.05) is 32.0 Å². The summed E-state index contributed by atoms with van der Waals surface area (Å²) in [6.07, 6.45) is 15.6. The SMILES string of the molecule is CC(C)=CCC/C(C)=C/CC/C(C)=C/CC[C@]1(C)CCc2cc(OC(=O)CN(C)C)c(C)c(C)c2O1. The Hall–Kier alpha value is -2.33. The van der Waals surface area contributed by atoms with Crippen LogP contribution in [0.2, 0.25) is 0 Å². The summed E-state index contributed by atoms with van der Waals surface area (Å²) in [6, 6.07) is 2.00. The molecule has 0 fully saturated rings. The molecule has 0 amide bonds. The maximum Gasteiger partial charge on any atom is 0.325 e. The first-order valence-electron chi connectivity index (χ1n) is 13.5. The van der Waals surface area contributed by atoms with Crippen molar-refractivity contribution in [3.63, 3.8) is 0 Å². The van der Waals surface area contributed by atoms with Crippen molar-refractivity contribution in [1.29, 1.82) is 0 Å². The Morgan fingerprint density at radius 3 is 2.22 bits per heavy atom. The molecule has 0 bridgehead atoms. The normalized spacial score (nSPS) is 18.1. The highest BCUT2D eigenvalue weighted by molar-refractivity contribution is 5.75. The Balaban J connectivity index is 1.92. The molecule has 1 aromatic rings. The van der Waals surface area contributed by atoms with Crippen molar-refractivity contribution in [3.05, 3.63) is 57.7 Å². The van der Waals surface area contributed by atoms with Gasteiger partial charge in [0.25, 0.3) is 0 Å². The van der Waals surface area contributed by atoms with Gasteiger partial charge in [-0.05, 0) is 137 Å². The number of carbonyl (C=O) groups is 1. The van der Waals surface area contributed by atoms with E-state index in [1.165, 1.54) is 16.7 Å². The van der Waals surface area contributed by atoms with Gasteiger partial charge in [-0.1, -0.05) is 34.9 Å². The molecule has 1 aliphatic heterocycles. The lowest BCUT2D eigenvalue weighted by atomic mass is 9.86. The zero-order valence-corrected chi connectivity index (χ0v) is 24.3. The summed E-state index contributed by atoms with van der Waals surface area (Å²) < 4.78 is 12.3. The molecule has 4 heteroatoms. The maximum absolute atomic E-state index is 12.2. The van der Waals surface area contributed by atoms with Gasteiger partial charge in [0.2, 0.25) is 0 Å². The molecule has 1 heterocycles. The van der Waals surface area contributed by atoms with E-state index in [-0.39, 0.29) is 18.1 Å². The van der Waals surface area contributed by atoms with Crippen LogP contribution in [-0.2, 0) is 11.2 Å². The molecule has 0 saturated carbocycles. The third-order valence-electron chi connectivity index (χ3n) is 7.10. The zero-order chi connectivity index (χ0) is 26.9. The number of nitrogens with zero attached hydrogens (tertiary/aromatic N) is 1. The Morgan fingerprint density at radius 1 is 1.00 bits per heavy atom. The zero-order valence-electron chi connectivity index (χ0n) is 24.3.